The Bertz CT molecular complexity index is 2650. The number of anilines is 2. The highest BCUT2D eigenvalue weighted by molar-refractivity contribution is 6.42. The molecule has 6 aromatic rings. The Hall–Kier alpha value is -4.58. The van der Waals surface area contributed by atoms with E-state index in [4.69, 9.17) is 46.4 Å². The van der Waals surface area contributed by atoms with Gasteiger partial charge >= 0.3 is 11.4 Å². The van der Waals surface area contributed by atoms with Gasteiger partial charge in [0, 0.05) is 40.3 Å². The number of fused-ring (bicyclic) bond motifs is 2. The molecule has 0 radical (unpaired) electrons. The first-order valence-corrected chi connectivity index (χ1v) is 21.1. The van der Waals surface area contributed by atoms with Crippen LogP contribution in [0, 0.1) is 0 Å². The molecule has 2 fully saturated rings. The molecule has 0 amide bonds. The molecule has 20 heteroatoms. The van der Waals surface area contributed by atoms with E-state index >= 15 is 0 Å². The number of aliphatic hydroxyl groups excluding tert-OH is 2. The van der Waals surface area contributed by atoms with E-state index < -0.39 is 22.5 Å². The smallest absolute Gasteiger partial charge is 0.332 e. The predicted octanol–water partition coefficient (Wildman–Crippen LogP) is 5.01. The standard InChI is InChI=1S/2C20H23Cl2N5O3/c2*1-25-16-17(24-19(25)23-12-4-3-5-13(28)9-12)26(2)20(30)27(18(16)29)10-11-6-7-14(21)15(22)8-11/h2*6-8,12-13,28H,3-5,9-10H2,1-2H3,(H,23,24)/t2*12-,13-/m10/s1. The third-order valence-corrected chi connectivity index (χ3v) is 12.8. The van der Waals surface area contributed by atoms with E-state index in [-0.39, 0.29) is 37.4 Å². The maximum atomic E-state index is 13.2. The topological polar surface area (TPSA) is 188 Å². The summed E-state index contributed by atoms with van der Waals surface area (Å²) >= 11 is 24.1. The van der Waals surface area contributed by atoms with Gasteiger partial charge in [0.25, 0.3) is 11.1 Å². The van der Waals surface area contributed by atoms with Crippen LogP contribution < -0.4 is 33.1 Å². The molecule has 0 saturated heterocycles. The van der Waals surface area contributed by atoms with Gasteiger partial charge in [0.1, 0.15) is 0 Å². The van der Waals surface area contributed by atoms with Crippen LogP contribution in [0.2, 0.25) is 20.1 Å². The Kier molecular flexibility index (Phi) is 12.9. The second kappa shape index (κ2) is 17.8. The Morgan fingerprint density at radius 2 is 0.967 bits per heavy atom. The summed E-state index contributed by atoms with van der Waals surface area (Å²) in [5.41, 5.74) is 0.907. The highest BCUT2D eigenvalue weighted by Gasteiger charge is 2.26. The Morgan fingerprint density at radius 1 is 0.583 bits per heavy atom. The summed E-state index contributed by atoms with van der Waals surface area (Å²) in [6.07, 6.45) is 5.88. The number of hydrogen-bond donors (Lipinski definition) is 4. The van der Waals surface area contributed by atoms with Crippen LogP contribution in [0.25, 0.3) is 22.3 Å². The van der Waals surface area contributed by atoms with Crippen LogP contribution in [-0.4, -0.2) is 71.9 Å². The summed E-state index contributed by atoms with van der Waals surface area (Å²) in [5, 5.41) is 28.0. The van der Waals surface area contributed by atoms with Gasteiger partial charge < -0.3 is 30.0 Å². The normalized spacial score (nSPS) is 19.4. The molecule has 2 aliphatic carbocycles. The zero-order valence-corrected chi connectivity index (χ0v) is 36.5. The lowest BCUT2D eigenvalue weighted by atomic mass is 9.93. The summed E-state index contributed by atoms with van der Waals surface area (Å²) in [7, 11) is 6.67. The Labute approximate surface area is 363 Å². The molecule has 0 aliphatic heterocycles. The molecular formula is C40H46Cl4N10O6. The van der Waals surface area contributed by atoms with Crippen molar-refractivity contribution in [1.82, 2.24) is 37.4 Å². The molecule has 4 atom stereocenters. The van der Waals surface area contributed by atoms with E-state index in [1.54, 1.807) is 73.7 Å². The van der Waals surface area contributed by atoms with E-state index in [0.717, 1.165) is 47.7 Å². The molecular weight excluding hydrogens is 858 g/mol. The summed E-state index contributed by atoms with van der Waals surface area (Å²) in [6.45, 7) is 0.141. The molecule has 0 unspecified atom stereocenters. The molecule has 0 bridgehead atoms. The summed E-state index contributed by atoms with van der Waals surface area (Å²) in [5.74, 6) is 1.01. The SMILES string of the molecule is Cn1c(N[C@@H]2CCC[C@@H](O)C2)nc2c1c(=O)n(Cc1ccc(Cl)c(Cl)c1)c(=O)n2C.Cn1c(N[C@H]2CCC[C@H](O)C2)nc2c1c(=O)n(Cc1ccc(Cl)c(Cl)c1)c(=O)n2C. The second-order valence-electron chi connectivity index (χ2n) is 15.6. The van der Waals surface area contributed by atoms with Crippen molar-refractivity contribution < 1.29 is 10.2 Å². The van der Waals surface area contributed by atoms with E-state index in [1.807, 2.05) is 0 Å². The maximum Gasteiger partial charge on any atom is 0.332 e. The first-order valence-electron chi connectivity index (χ1n) is 19.6. The average Bonchev–Trinajstić information content (AvgIpc) is 3.71. The van der Waals surface area contributed by atoms with E-state index in [2.05, 4.69) is 20.6 Å². The fraction of sp³-hybridized carbons (Fsp3) is 0.450. The number of halogens is 4. The van der Waals surface area contributed by atoms with Gasteiger partial charge in [-0.25, -0.2) is 9.59 Å². The number of rotatable bonds is 8. The average molecular weight is 905 g/mol. The fourth-order valence-electron chi connectivity index (χ4n) is 8.02. The van der Waals surface area contributed by atoms with Crippen molar-refractivity contribution in [3.05, 3.63) is 109 Å². The molecule has 0 spiro atoms. The van der Waals surface area contributed by atoms with Crippen LogP contribution in [0.1, 0.15) is 62.5 Å². The molecule has 2 aromatic carbocycles. The molecule has 4 N–H and O–H groups in total. The van der Waals surface area contributed by atoms with Crippen molar-refractivity contribution in [2.24, 2.45) is 28.2 Å². The van der Waals surface area contributed by atoms with Gasteiger partial charge in [-0.05, 0) is 86.8 Å². The number of nitrogens with zero attached hydrogens (tertiary/aromatic N) is 8. The molecule has 60 heavy (non-hydrogen) atoms. The van der Waals surface area contributed by atoms with Crippen molar-refractivity contribution in [1.29, 1.82) is 0 Å². The van der Waals surface area contributed by atoms with Crippen LogP contribution >= 0.6 is 46.4 Å². The van der Waals surface area contributed by atoms with Crippen molar-refractivity contribution in [3.63, 3.8) is 0 Å². The molecule has 8 rings (SSSR count). The minimum atomic E-state index is -0.462. The summed E-state index contributed by atoms with van der Waals surface area (Å²) in [6, 6.07) is 10.2. The zero-order chi connectivity index (χ0) is 43.2. The van der Waals surface area contributed by atoms with Gasteiger partial charge in [-0.15, -0.1) is 0 Å². The molecule has 4 heterocycles. The number of aromatic nitrogens is 8. The third-order valence-electron chi connectivity index (χ3n) is 11.3. The molecule has 2 saturated carbocycles. The van der Waals surface area contributed by atoms with Crippen LogP contribution in [0.15, 0.2) is 55.6 Å². The molecule has 320 valence electrons. The number of benzene rings is 2. The van der Waals surface area contributed by atoms with Gasteiger partial charge in [0.2, 0.25) is 11.9 Å². The van der Waals surface area contributed by atoms with Gasteiger partial charge in [-0.3, -0.25) is 27.9 Å². The highest BCUT2D eigenvalue weighted by atomic mass is 35.5. The van der Waals surface area contributed by atoms with Crippen molar-refractivity contribution in [3.8, 4) is 0 Å². The molecule has 4 aromatic heterocycles. The number of hydrogen-bond acceptors (Lipinski definition) is 10. The van der Waals surface area contributed by atoms with Crippen molar-refractivity contribution in [2.75, 3.05) is 10.6 Å². The third kappa shape index (κ3) is 8.76. The molecule has 16 nitrogen and oxygen atoms in total. The predicted molar refractivity (Wildman–Crippen MR) is 235 cm³/mol. The van der Waals surface area contributed by atoms with Gasteiger partial charge in [-0.1, -0.05) is 58.5 Å². The lowest BCUT2D eigenvalue weighted by molar-refractivity contribution is 0.124. The number of nitrogens with one attached hydrogen (secondary N) is 2. The van der Waals surface area contributed by atoms with Crippen LogP contribution in [0.5, 0.6) is 0 Å². The zero-order valence-electron chi connectivity index (χ0n) is 33.5. The fourth-order valence-corrected chi connectivity index (χ4v) is 8.66. The summed E-state index contributed by atoms with van der Waals surface area (Å²) < 4.78 is 8.41. The number of imidazole rings is 2. The Balaban J connectivity index is 0.000000181. The maximum absolute atomic E-state index is 13.2. The summed E-state index contributed by atoms with van der Waals surface area (Å²) in [4.78, 5) is 61.2. The largest absolute Gasteiger partial charge is 0.393 e. The highest BCUT2D eigenvalue weighted by Crippen LogP contribution is 2.26. The number of aliphatic hydroxyl groups is 2. The lowest BCUT2D eigenvalue weighted by Gasteiger charge is -2.26. The van der Waals surface area contributed by atoms with Crippen molar-refractivity contribution >= 4 is 80.6 Å². The lowest BCUT2D eigenvalue weighted by Crippen LogP contribution is -2.39. The van der Waals surface area contributed by atoms with E-state index in [9.17, 15) is 29.4 Å². The van der Waals surface area contributed by atoms with Crippen LogP contribution in [0.3, 0.4) is 0 Å². The van der Waals surface area contributed by atoms with Gasteiger partial charge in [0.15, 0.2) is 22.3 Å². The second-order valence-corrected chi connectivity index (χ2v) is 17.2. The van der Waals surface area contributed by atoms with Crippen LogP contribution in [-0.2, 0) is 41.3 Å². The van der Waals surface area contributed by atoms with Gasteiger partial charge in [-0.2, -0.15) is 9.97 Å². The van der Waals surface area contributed by atoms with E-state index in [0.29, 0.717) is 78.3 Å². The van der Waals surface area contributed by atoms with Crippen molar-refractivity contribution in [2.45, 2.75) is 88.7 Å². The quantitative estimate of drug-likeness (QED) is 0.162. The van der Waals surface area contributed by atoms with Crippen LogP contribution in [0.4, 0.5) is 11.9 Å². The van der Waals surface area contributed by atoms with E-state index in [1.165, 1.54) is 9.13 Å². The first kappa shape index (κ1) is 43.5. The minimum absolute atomic E-state index is 0.0692. The molecule has 2 aliphatic rings. The number of aryl methyl sites for hydroxylation is 4. The van der Waals surface area contributed by atoms with Gasteiger partial charge in [0.05, 0.1) is 45.4 Å². The Morgan fingerprint density at radius 3 is 1.32 bits per heavy atom. The minimum Gasteiger partial charge on any atom is -0.393 e. The monoisotopic (exact) mass is 902 g/mol. The first-order chi connectivity index (χ1) is 28.5.